The third-order valence-electron chi connectivity index (χ3n) is 6.45. The molecule has 3 heterocycles. The van der Waals surface area contributed by atoms with E-state index in [0.717, 1.165) is 50.4 Å². The molecule has 3 aliphatic rings. The minimum atomic E-state index is 0.164. The first-order valence-corrected chi connectivity index (χ1v) is 10.5. The first kappa shape index (κ1) is 17.0. The van der Waals surface area contributed by atoms with E-state index in [4.69, 9.17) is 0 Å². The summed E-state index contributed by atoms with van der Waals surface area (Å²) < 4.78 is 2.33. The Kier molecular flexibility index (Phi) is 5.37. The highest BCUT2D eigenvalue weighted by molar-refractivity contribution is 5.77. The molecule has 1 aliphatic carbocycles. The van der Waals surface area contributed by atoms with Crippen LogP contribution in [0.25, 0.3) is 0 Å². The van der Waals surface area contributed by atoms with Crippen LogP contribution < -0.4 is 0 Å². The smallest absolute Gasteiger partial charge is 0.223 e. The lowest BCUT2D eigenvalue weighted by atomic mass is 9.96. The number of nitrogens with zero attached hydrogens (tertiary/aromatic N) is 4. The van der Waals surface area contributed by atoms with Gasteiger partial charge in [-0.2, -0.15) is 0 Å². The van der Waals surface area contributed by atoms with E-state index in [1.165, 1.54) is 57.8 Å². The number of carbonyl (C=O) groups is 1. The van der Waals surface area contributed by atoms with Gasteiger partial charge < -0.3 is 9.47 Å². The first-order chi connectivity index (χ1) is 12.3. The topological polar surface area (TPSA) is 51.0 Å². The van der Waals surface area contributed by atoms with Gasteiger partial charge in [-0.1, -0.05) is 32.1 Å². The van der Waals surface area contributed by atoms with Gasteiger partial charge in [0.15, 0.2) is 5.82 Å². The van der Waals surface area contributed by atoms with E-state index in [0.29, 0.717) is 11.8 Å². The molecule has 1 saturated carbocycles. The van der Waals surface area contributed by atoms with E-state index in [9.17, 15) is 4.79 Å². The van der Waals surface area contributed by atoms with E-state index in [2.05, 4.69) is 19.7 Å². The van der Waals surface area contributed by atoms with Gasteiger partial charge in [-0.3, -0.25) is 4.79 Å². The lowest BCUT2D eigenvalue weighted by Gasteiger charge is -2.26. The van der Waals surface area contributed by atoms with Crippen molar-refractivity contribution >= 4 is 5.91 Å². The molecule has 0 bridgehead atoms. The van der Waals surface area contributed by atoms with Gasteiger partial charge in [-0.25, -0.2) is 0 Å². The number of fused-ring (bicyclic) bond motifs is 1. The fraction of sp³-hybridized carbons (Fsp3) is 0.850. The van der Waals surface area contributed by atoms with Gasteiger partial charge in [0.1, 0.15) is 5.82 Å². The van der Waals surface area contributed by atoms with Gasteiger partial charge in [0.25, 0.3) is 0 Å². The normalized spacial score (nSPS) is 25.4. The summed E-state index contributed by atoms with van der Waals surface area (Å²) in [6.07, 6.45) is 15.4. The third-order valence-corrected chi connectivity index (χ3v) is 6.45. The molecule has 5 heteroatoms. The zero-order valence-electron chi connectivity index (χ0n) is 15.5. The molecular weight excluding hydrogens is 312 g/mol. The number of rotatable bonds is 3. The predicted molar refractivity (Wildman–Crippen MR) is 97.1 cm³/mol. The Morgan fingerprint density at radius 1 is 0.880 bits per heavy atom. The number of carbonyl (C=O) groups excluding carboxylic acids is 1. The summed E-state index contributed by atoms with van der Waals surface area (Å²) in [5.41, 5.74) is 0. The molecular formula is C20H32N4O. The second kappa shape index (κ2) is 7.88. The molecule has 1 aromatic rings. The van der Waals surface area contributed by atoms with E-state index in [1.807, 2.05) is 0 Å². The van der Waals surface area contributed by atoms with Crippen LogP contribution in [0.1, 0.15) is 94.7 Å². The minimum absolute atomic E-state index is 0.164. The molecule has 1 atom stereocenters. The summed E-state index contributed by atoms with van der Waals surface area (Å²) in [6.45, 7) is 1.93. The van der Waals surface area contributed by atoms with Crippen molar-refractivity contribution in [2.75, 3.05) is 6.54 Å². The van der Waals surface area contributed by atoms with Crippen LogP contribution in [0.2, 0.25) is 0 Å². The monoisotopic (exact) mass is 344 g/mol. The van der Waals surface area contributed by atoms with Crippen LogP contribution >= 0.6 is 0 Å². The van der Waals surface area contributed by atoms with E-state index >= 15 is 0 Å². The molecule has 2 fully saturated rings. The van der Waals surface area contributed by atoms with Crippen molar-refractivity contribution in [3.8, 4) is 0 Å². The van der Waals surface area contributed by atoms with Crippen molar-refractivity contribution in [2.24, 2.45) is 5.92 Å². The second-order valence-electron chi connectivity index (χ2n) is 8.24. The summed E-state index contributed by atoms with van der Waals surface area (Å²) in [6, 6.07) is 0.164. The lowest BCUT2D eigenvalue weighted by Crippen LogP contribution is -2.33. The number of amides is 1. The third kappa shape index (κ3) is 3.75. The van der Waals surface area contributed by atoms with E-state index in [-0.39, 0.29) is 6.04 Å². The fourth-order valence-electron chi connectivity index (χ4n) is 5.02. The van der Waals surface area contributed by atoms with Crippen molar-refractivity contribution < 1.29 is 4.79 Å². The average Bonchev–Trinajstić information content (AvgIpc) is 3.07. The van der Waals surface area contributed by atoms with Crippen molar-refractivity contribution in [3.05, 3.63) is 11.6 Å². The van der Waals surface area contributed by atoms with Gasteiger partial charge in [-0.05, 0) is 44.4 Å². The largest absolute Gasteiger partial charge is 0.332 e. The number of aromatic nitrogens is 3. The maximum absolute atomic E-state index is 13.0. The number of aryl methyl sites for hydroxylation is 1. The highest BCUT2D eigenvalue weighted by Crippen LogP contribution is 2.34. The van der Waals surface area contributed by atoms with Gasteiger partial charge in [0, 0.05) is 25.9 Å². The Hall–Kier alpha value is -1.39. The molecule has 1 amide bonds. The Labute approximate surface area is 151 Å². The standard InChI is InChI=1S/C20H32N4O/c25-19(15-16-9-4-1-2-5-10-16)23-14-8-11-17(23)20-22-21-18-12-6-3-7-13-24(18)20/h16-17H,1-15H2/t17-/m0/s1. The molecule has 4 rings (SSSR count). The summed E-state index contributed by atoms with van der Waals surface area (Å²) in [5, 5.41) is 8.99. The Bertz CT molecular complexity index is 589. The molecule has 2 aliphatic heterocycles. The maximum Gasteiger partial charge on any atom is 0.223 e. The molecule has 25 heavy (non-hydrogen) atoms. The molecule has 1 saturated heterocycles. The molecule has 0 radical (unpaired) electrons. The summed E-state index contributed by atoms with van der Waals surface area (Å²) in [4.78, 5) is 15.2. The zero-order chi connectivity index (χ0) is 17.1. The summed E-state index contributed by atoms with van der Waals surface area (Å²) in [7, 11) is 0. The van der Waals surface area contributed by atoms with Crippen LogP contribution in [-0.2, 0) is 17.8 Å². The zero-order valence-corrected chi connectivity index (χ0v) is 15.5. The van der Waals surface area contributed by atoms with Crippen LogP contribution in [0, 0.1) is 5.92 Å². The Morgan fingerprint density at radius 2 is 1.68 bits per heavy atom. The minimum Gasteiger partial charge on any atom is -0.332 e. The highest BCUT2D eigenvalue weighted by Gasteiger charge is 2.35. The maximum atomic E-state index is 13.0. The van der Waals surface area contributed by atoms with E-state index < -0.39 is 0 Å². The second-order valence-corrected chi connectivity index (χ2v) is 8.24. The number of likely N-dealkylation sites (tertiary alicyclic amines) is 1. The average molecular weight is 345 g/mol. The summed E-state index contributed by atoms with van der Waals surface area (Å²) >= 11 is 0. The number of hydrogen-bond donors (Lipinski definition) is 0. The summed E-state index contributed by atoms with van der Waals surface area (Å²) in [5.74, 6) is 3.16. The van der Waals surface area contributed by atoms with Crippen molar-refractivity contribution in [3.63, 3.8) is 0 Å². The molecule has 0 aromatic carbocycles. The molecule has 0 unspecified atom stereocenters. The highest BCUT2D eigenvalue weighted by atomic mass is 16.2. The van der Waals surface area contributed by atoms with Gasteiger partial charge >= 0.3 is 0 Å². The van der Waals surface area contributed by atoms with Crippen molar-refractivity contribution in [1.29, 1.82) is 0 Å². The van der Waals surface area contributed by atoms with Gasteiger partial charge in [0.2, 0.25) is 5.91 Å². The quantitative estimate of drug-likeness (QED) is 0.778. The number of hydrogen-bond acceptors (Lipinski definition) is 3. The van der Waals surface area contributed by atoms with Crippen LogP contribution in [0.4, 0.5) is 0 Å². The predicted octanol–water partition coefficient (Wildman–Crippen LogP) is 4.03. The molecule has 1 aromatic heterocycles. The fourth-order valence-corrected chi connectivity index (χ4v) is 5.02. The first-order valence-electron chi connectivity index (χ1n) is 10.5. The molecule has 0 N–H and O–H groups in total. The molecule has 5 nitrogen and oxygen atoms in total. The van der Waals surface area contributed by atoms with Crippen molar-refractivity contribution in [2.45, 2.75) is 96.1 Å². The van der Waals surface area contributed by atoms with Crippen LogP contribution in [-0.4, -0.2) is 32.1 Å². The van der Waals surface area contributed by atoms with E-state index in [1.54, 1.807) is 0 Å². The van der Waals surface area contributed by atoms with Crippen molar-refractivity contribution in [1.82, 2.24) is 19.7 Å². The SMILES string of the molecule is O=C(CC1CCCCCC1)N1CCC[C@H]1c1nnc2n1CCCCC2. The lowest BCUT2D eigenvalue weighted by molar-refractivity contribution is -0.133. The molecule has 138 valence electrons. The van der Waals surface area contributed by atoms with Gasteiger partial charge in [-0.15, -0.1) is 10.2 Å². The van der Waals surface area contributed by atoms with Crippen LogP contribution in [0.5, 0.6) is 0 Å². The molecule has 0 spiro atoms. The van der Waals surface area contributed by atoms with Crippen LogP contribution in [0.3, 0.4) is 0 Å². The van der Waals surface area contributed by atoms with Crippen LogP contribution in [0.15, 0.2) is 0 Å². The Balaban J connectivity index is 1.47. The Morgan fingerprint density at radius 3 is 2.52 bits per heavy atom. The van der Waals surface area contributed by atoms with Gasteiger partial charge in [0.05, 0.1) is 6.04 Å².